The minimum Gasteiger partial charge on any atom is -0.345 e. The summed E-state index contributed by atoms with van der Waals surface area (Å²) >= 11 is 1.67. The van der Waals surface area contributed by atoms with Gasteiger partial charge in [-0.25, -0.2) is 9.78 Å². The smallest absolute Gasteiger partial charge is 0.317 e. The summed E-state index contributed by atoms with van der Waals surface area (Å²) in [5.41, 5.74) is 0.883. The predicted octanol–water partition coefficient (Wildman–Crippen LogP) is 2.08. The highest BCUT2D eigenvalue weighted by atomic mass is 32.1. The van der Waals surface area contributed by atoms with Crippen molar-refractivity contribution >= 4 is 22.5 Å². The third-order valence-electron chi connectivity index (χ3n) is 2.93. The third kappa shape index (κ3) is 3.83. The SMILES string of the molecule is Cc1csc(N2CCN(C(=O)NC(C)(C)C)CC2)n1. The van der Waals surface area contributed by atoms with Crippen molar-refractivity contribution in [2.24, 2.45) is 0 Å². The number of hydrogen-bond donors (Lipinski definition) is 1. The van der Waals surface area contributed by atoms with Gasteiger partial charge in [-0.05, 0) is 27.7 Å². The molecule has 106 valence electrons. The molecule has 2 rings (SSSR count). The molecular weight excluding hydrogens is 260 g/mol. The van der Waals surface area contributed by atoms with Crippen LogP contribution in [0, 0.1) is 6.92 Å². The summed E-state index contributed by atoms with van der Waals surface area (Å²) in [6.07, 6.45) is 0. The summed E-state index contributed by atoms with van der Waals surface area (Å²) < 4.78 is 0. The van der Waals surface area contributed by atoms with Gasteiger partial charge in [0.1, 0.15) is 0 Å². The Bertz CT molecular complexity index is 444. The van der Waals surface area contributed by atoms with Crippen LogP contribution in [0.4, 0.5) is 9.93 Å². The Morgan fingerprint density at radius 3 is 2.42 bits per heavy atom. The number of aromatic nitrogens is 1. The van der Waals surface area contributed by atoms with Crippen LogP contribution in [0.2, 0.25) is 0 Å². The first-order chi connectivity index (χ1) is 8.85. The van der Waals surface area contributed by atoms with Crippen molar-refractivity contribution in [1.29, 1.82) is 0 Å². The van der Waals surface area contributed by atoms with E-state index in [1.165, 1.54) is 0 Å². The molecule has 1 fully saturated rings. The molecule has 19 heavy (non-hydrogen) atoms. The predicted molar refractivity (Wildman–Crippen MR) is 78.9 cm³/mol. The molecule has 1 saturated heterocycles. The number of carbonyl (C=O) groups excluding carboxylic acids is 1. The highest BCUT2D eigenvalue weighted by Crippen LogP contribution is 2.21. The van der Waals surface area contributed by atoms with Gasteiger partial charge in [0.15, 0.2) is 5.13 Å². The van der Waals surface area contributed by atoms with E-state index in [0.29, 0.717) is 0 Å². The van der Waals surface area contributed by atoms with E-state index < -0.39 is 0 Å². The Morgan fingerprint density at radius 2 is 1.95 bits per heavy atom. The van der Waals surface area contributed by atoms with Gasteiger partial charge >= 0.3 is 6.03 Å². The molecule has 1 aromatic heterocycles. The first kappa shape index (κ1) is 14.1. The molecule has 0 unspecified atom stereocenters. The Kier molecular flexibility index (Phi) is 3.99. The second kappa shape index (κ2) is 5.36. The fraction of sp³-hybridized carbons (Fsp3) is 0.692. The standard InChI is InChI=1S/C13H22N4OS/c1-10-9-19-12(14-10)17-7-5-16(6-8-17)11(18)15-13(2,3)4/h9H,5-8H2,1-4H3,(H,15,18). The monoisotopic (exact) mass is 282 g/mol. The van der Waals surface area contributed by atoms with Gasteiger partial charge in [0.2, 0.25) is 0 Å². The van der Waals surface area contributed by atoms with Crippen LogP contribution in [0.3, 0.4) is 0 Å². The summed E-state index contributed by atoms with van der Waals surface area (Å²) in [4.78, 5) is 20.7. The molecule has 6 heteroatoms. The number of nitrogens with zero attached hydrogens (tertiary/aromatic N) is 3. The maximum Gasteiger partial charge on any atom is 0.317 e. The number of aryl methyl sites for hydroxylation is 1. The van der Waals surface area contributed by atoms with E-state index in [-0.39, 0.29) is 11.6 Å². The average Bonchev–Trinajstić information content (AvgIpc) is 2.74. The van der Waals surface area contributed by atoms with Crippen LogP contribution in [0.5, 0.6) is 0 Å². The number of hydrogen-bond acceptors (Lipinski definition) is 4. The van der Waals surface area contributed by atoms with Gasteiger partial charge in [-0.2, -0.15) is 0 Å². The van der Waals surface area contributed by atoms with Crippen molar-refractivity contribution in [3.8, 4) is 0 Å². The summed E-state index contributed by atoms with van der Waals surface area (Å²) in [7, 11) is 0. The summed E-state index contributed by atoms with van der Waals surface area (Å²) in [6, 6.07) is 0.0301. The quantitative estimate of drug-likeness (QED) is 0.858. The molecule has 0 atom stereocenters. The normalized spacial score (nSPS) is 16.6. The highest BCUT2D eigenvalue weighted by molar-refractivity contribution is 7.13. The summed E-state index contributed by atoms with van der Waals surface area (Å²) in [6.45, 7) is 11.2. The molecule has 0 aromatic carbocycles. The fourth-order valence-corrected chi connectivity index (χ4v) is 2.84. The largest absolute Gasteiger partial charge is 0.345 e. The van der Waals surface area contributed by atoms with Crippen LogP contribution >= 0.6 is 11.3 Å². The van der Waals surface area contributed by atoms with Gasteiger partial charge < -0.3 is 15.1 Å². The molecule has 0 radical (unpaired) electrons. The number of carbonyl (C=O) groups is 1. The average molecular weight is 282 g/mol. The molecule has 1 aromatic rings. The van der Waals surface area contributed by atoms with Crippen molar-refractivity contribution in [3.63, 3.8) is 0 Å². The van der Waals surface area contributed by atoms with E-state index >= 15 is 0 Å². The number of nitrogens with one attached hydrogen (secondary N) is 1. The van der Waals surface area contributed by atoms with Crippen LogP contribution in [-0.4, -0.2) is 47.6 Å². The second-order valence-electron chi connectivity index (χ2n) is 5.93. The fourth-order valence-electron chi connectivity index (χ4n) is 1.99. The van der Waals surface area contributed by atoms with Gasteiger partial charge in [-0.3, -0.25) is 0 Å². The van der Waals surface area contributed by atoms with E-state index in [9.17, 15) is 4.79 Å². The summed E-state index contributed by atoms with van der Waals surface area (Å²) in [5, 5.41) is 6.13. The number of thiazole rings is 1. The lowest BCUT2D eigenvalue weighted by Crippen LogP contribution is -2.55. The molecule has 0 bridgehead atoms. The molecule has 1 aliphatic rings. The third-order valence-corrected chi connectivity index (χ3v) is 3.95. The van der Waals surface area contributed by atoms with E-state index in [4.69, 9.17) is 0 Å². The van der Waals surface area contributed by atoms with Crippen LogP contribution in [-0.2, 0) is 0 Å². The van der Waals surface area contributed by atoms with Gasteiger partial charge in [0.05, 0.1) is 5.69 Å². The zero-order chi connectivity index (χ0) is 14.0. The van der Waals surface area contributed by atoms with E-state index in [1.54, 1.807) is 11.3 Å². The Hall–Kier alpha value is -1.30. The first-order valence-electron chi connectivity index (χ1n) is 6.59. The van der Waals surface area contributed by atoms with Gasteiger partial charge in [-0.1, -0.05) is 0 Å². The lowest BCUT2D eigenvalue weighted by Gasteiger charge is -2.36. The molecule has 1 aliphatic heterocycles. The molecule has 1 N–H and O–H groups in total. The van der Waals surface area contributed by atoms with E-state index in [2.05, 4.69) is 20.6 Å². The highest BCUT2D eigenvalue weighted by Gasteiger charge is 2.24. The molecule has 0 spiro atoms. The molecular formula is C13H22N4OS. The number of piperazine rings is 1. The maximum atomic E-state index is 12.0. The van der Waals surface area contributed by atoms with Crippen LogP contribution in [0.1, 0.15) is 26.5 Å². The minimum absolute atomic E-state index is 0.0301. The first-order valence-corrected chi connectivity index (χ1v) is 7.47. The van der Waals surface area contributed by atoms with Crippen LogP contribution in [0.25, 0.3) is 0 Å². The van der Waals surface area contributed by atoms with Gasteiger partial charge in [-0.15, -0.1) is 11.3 Å². The molecule has 2 heterocycles. The zero-order valence-electron chi connectivity index (χ0n) is 12.1. The Morgan fingerprint density at radius 1 is 1.32 bits per heavy atom. The minimum atomic E-state index is -0.180. The number of amides is 2. The molecule has 5 nitrogen and oxygen atoms in total. The van der Waals surface area contributed by atoms with Crippen molar-refractivity contribution in [1.82, 2.24) is 15.2 Å². The lowest BCUT2D eigenvalue weighted by molar-refractivity contribution is 0.185. The van der Waals surface area contributed by atoms with Crippen molar-refractivity contribution in [2.75, 3.05) is 31.1 Å². The summed E-state index contributed by atoms with van der Waals surface area (Å²) in [5.74, 6) is 0. The van der Waals surface area contributed by atoms with Gasteiger partial charge in [0.25, 0.3) is 0 Å². The number of urea groups is 1. The Balaban J connectivity index is 1.87. The molecule has 0 aliphatic carbocycles. The van der Waals surface area contributed by atoms with E-state index in [1.807, 2.05) is 32.6 Å². The molecule has 2 amide bonds. The van der Waals surface area contributed by atoms with Crippen molar-refractivity contribution in [3.05, 3.63) is 11.1 Å². The second-order valence-corrected chi connectivity index (χ2v) is 6.76. The maximum absolute atomic E-state index is 12.0. The zero-order valence-corrected chi connectivity index (χ0v) is 12.9. The number of anilines is 1. The van der Waals surface area contributed by atoms with Gasteiger partial charge in [0, 0.05) is 37.1 Å². The Labute approximate surface area is 118 Å². The van der Waals surface area contributed by atoms with E-state index in [0.717, 1.165) is 37.0 Å². The van der Waals surface area contributed by atoms with Crippen molar-refractivity contribution in [2.45, 2.75) is 33.2 Å². The molecule has 0 saturated carbocycles. The number of rotatable bonds is 1. The topological polar surface area (TPSA) is 48.5 Å². The van der Waals surface area contributed by atoms with Crippen molar-refractivity contribution < 1.29 is 4.79 Å². The lowest BCUT2D eigenvalue weighted by atomic mass is 10.1. The van der Waals surface area contributed by atoms with Crippen LogP contribution < -0.4 is 10.2 Å². The van der Waals surface area contributed by atoms with Crippen LogP contribution in [0.15, 0.2) is 5.38 Å².